The maximum absolute atomic E-state index is 5.98. The van der Waals surface area contributed by atoms with Gasteiger partial charge >= 0.3 is 0 Å². The summed E-state index contributed by atoms with van der Waals surface area (Å²) in [4.78, 5) is 8.97. The average Bonchev–Trinajstić information content (AvgIpc) is 3.29. The van der Waals surface area contributed by atoms with Crippen molar-refractivity contribution in [3.05, 3.63) is 47.2 Å². The predicted octanol–water partition coefficient (Wildman–Crippen LogP) is 4.58. The van der Waals surface area contributed by atoms with Gasteiger partial charge in [0.2, 0.25) is 11.8 Å². The van der Waals surface area contributed by atoms with Gasteiger partial charge in [-0.2, -0.15) is 0 Å². The third kappa shape index (κ3) is 5.57. The van der Waals surface area contributed by atoms with E-state index in [1.165, 1.54) is 11.9 Å². The van der Waals surface area contributed by atoms with Gasteiger partial charge in [0.15, 0.2) is 5.82 Å². The molecular formula is C22H27ClN6O3S. The quantitative estimate of drug-likeness (QED) is 0.432. The van der Waals surface area contributed by atoms with Gasteiger partial charge in [0.1, 0.15) is 11.8 Å². The number of ether oxygens (including phenoxy) is 3. The van der Waals surface area contributed by atoms with Crippen LogP contribution in [0.15, 0.2) is 36.5 Å². The third-order valence-corrected chi connectivity index (χ3v) is 6.61. The maximum atomic E-state index is 5.98. The van der Waals surface area contributed by atoms with Crippen molar-refractivity contribution in [1.82, 2.24) is 24.7 Å². The Morgan fingerprint density at radius 2 is 2.00 bits per heavy atom. The second-order valence-electron chi connectivity index (χ2n) is 7.61. The minimum atomic E-state index is -0.223. The molecule has 0 saturated carbocycles. The minimum Gasteiger partial charge on any atom is -0.481 e. The zero-order valence-corrected chi connectivity index (χ0v) is 20.3. The molecule has 0 aromatic carbocycles. The van der Waals surface area contributed by atoms with Crippen LogP contribution in [-0.4, -0.2) is 57.4 Å². The maximum Gasteiger partial charge on any atom is 0.235 e. The molecule has 1 saturated heterocycles. The van der Waals surface area contributed by atoms with Gasteiger partial charge in [0.05, 0.1) is 23.1 Å². The molecular weight excluding hydrogens is 464 g/mol. The number of hydrogen-bond acceptors (Lipinski definition) is 9. The van der Waals surface area contributed by atoms with Gasteiger partial charge in [0, 0.05) is 38.6 Å². The highest BCUT2D eigenvalue weighted by molar-refractivity contribution is 8.01. The van der Waals surface area contributed by atoms with Crippen LogP contribution in [0.4, 0.5) is 5.95 Å². The van der Waals surface area contributed by atoms with E-state index in [-0.39, 0.29) is 17.4 Å². The Hall–Kier alpha value is -2.40. The molecule has 3 aromatic rings. The van der Waals surface area contributed by atoms with Crippen molar-refractivity contribution in [3.63, 3.8) is 0 Å². The lowest BCUT2D eigenvalue weighted by Gasteiger charge is -2.27. The zero-order valence-electron chi connectivity index (χ0n) is 18.8. The topological polar surface area (TPSA) is 96.2 Å². The summed E-state index contributed by atoms with van der Waals surface area (Å²) < 4.78 is 22.1. The number of pyridine rings is 2. The number of nitrogens with zero attached hydrogens (tertiary/aromatic N) is 5. The first-order valence-corrected chi connectivity index (χ1v) is 12.0. The van der Waals surface area contributed by atoms with E-state index < -0.39 is 0 Å². The van der Waals surface area contributed by atoms with Gasteiger partial charge in [-0.3, -0.25) is 14.3 Å². The molecule has 0 amide bonds. The molecule has 3 aromatic heterocycles. The van der Waals surface area contributed by atoms with Gasteiger partial charge in [-0.05, 0) is 49.9 Å². The highest BCUT2D eigenvalue weighted by Crippen LogP contribution is 2.34. The van der Waals surface area contributed by atoms with Crippen LogP contribution in [-0.2, 0) is 9.47 Å². The SMILES string of the molecule is COc1cccc(-c2nnc(NSC(C)C(OC)c3ccc(Cl)cn3)n2C2CCOCC2)n1. The number of aromatic nitrogens is 5. The van der Waals surface area contributed by atoms with Crippen LogP contribution in [0.3, 0.4) is 0 Å². The molecule has 0 radical (unpaired) electrons. The monoisotopic (exact) mass is 490 g/mol. The van der Waals surface area contributed by atoms with Crippen molar-refractivity contribution in [1.29, 1.82) is 0 Å². The minimum absolute atomic E-state index is 0.0295. The molecule has 176 valence electrons. The Morgan fingerprint density at radius 3 is 2.70 bits per heavy atom. The van der Waals surface area contributed by atoms with E-state index in [4.69, 9.17) is 25.8 Å². The van der Waals surface area contributed by atoms with Crippen LogP contribution in [0.5, 0.6) is 5.88 Å². The van der Waals surface area contributed by atoms with E-state index in [9.17, 15) is 0 Å². The Kier molecular flexibility index (Phi) is 8.02. The molecule has 11 heteroatoms. The van der Waals surface area contributed by atoms with E-state index in [2.05, 4.69) is 36.4 Å². The van der Waals surface area contributed by atoms with Crippen molar-refractivity contribution < 1.29 is 14.2 Å². The van der Waals surface area contributed by atoms with Crippen molar-refractivity contribution in [2.24, 2.45) is 0 Å². The number of hydrogen-bond donors (Lipinski definition) is 1. The summed E-state index contributed by atoms with van der Waals surface area (Å²) in [5.41, 5.74) is 1.52. The first kappa shape index (κ1) is 23.7. The average molecular weight is 491 g/mol. The number of halogens is 1. The summed E-state index contributed by atoms with van der Waals surface area (Å²) in [7, 11) is 3.27. The number of nitrogens with one attached hydrogen (secondary N) is 1. The van der Waals surface area contributed by atoms with E-state index in [1.807, 2.05) is 30.3 Å². The Labute approximate surface area is 202 Å². The first-order chi connectivity index (χ1) is 16.1. The van der Waals surface area contributed by atoms with Crippen LogP contribution < -0.4 is 9.46 Å². The summed E-state index contributed by atoms with van der Waals surface area (Å²) in [6.07, 6.45) is 3.15. The van der Waals surface area contributed by atoms with E-state index >= 15 is 0 Å². The number of rotatable bonds is 9. The molecule has 4 rings (SSSR count). The normalized spacial score (nSPS) is 16.4. The van der Waals surface area contributed by atoms with E-state index in [0.29, 0.717) is 41.6 Å². The van der Waals surface area contributed by atoms with Crippen LogP contribution in [0.2, 0.25) is 5.02 Å². The molecule has 1 aliphatic heterocycles. The summed E-state index contributed by atoms with van der Waals surface area (Å²) in [5, 5.41) is 9.54. The Bertz CT molecular complexity index is 1040. The van der Waals surface area contributed by atoms with Gasteiger partial charge in [-0.25, -0.2) is 4.98 Å². The Balaban J connectivity index is 1.57. The smallest absolute Gasteiger partial charge is 0.235 e. The molecule has 1 fully saturated rings. The summed E-state index contributed by atoms with van der Waals surface area (Å²) in [6.45, 7) is 3.47. The lowest BCUT2D eigenvalue weighted by molar-refractivity contribution is 0.0704. The van der Waals surface area contributed by atoms with E-state index in [0.717, 1.165) is 18.5 Å². The largest absolute Gasteiger partial charge is 0.481 e. The van der Waals surface area contributed by atoms with Crippen LogP contribution in [0.25, 0.3) is 11.5 Å². The lowest BCUT2D eigenvalue weighted by atomic mass is 10.1. The zero-order chi connectivity index (χ0) is 23.2. The van der Waals surface area contributed by atoms with Crippen LogP contribution in [0, 0.1) is 0 Å². The van der Waals surface area contributed by atoms with Crippen molar-refractivity contribution in [3.8, 4) is 17.4 Å². The molecule has 4 heterocycles. The van der Waals surface area contributed by atoms with Crippen molar-refractivity contribution in [2.75, 3.05) is 32.2 Å². The third-order valence-electron chi connectivity index (χ3n) is 5.47. The molecule has 1 aliphatic rings. The highest BCUT2D eigenvalue weighted by Gasteiger charge is 2.27. The fourth-order valence-electron chi connectivity index (χ4n) is 3.79. The molecule has 0 bridgehead atoms. The standard InChI is InChI=1S/C22H27ClN6O3S/c1-14(20(31-3)17-8-7-15(23)13-24-17)33-28-22-27-26-21(18-5-4-6-19(25-18)30-2)29(22)16-9-11-32-12-10-16/h4-8,13-14,16,20H,9-12H2,1-3H3,(H,27,28). The van der Waals surface area contributed by atoms with Crippen LogP contribution >= 0.6 is 23.5 Å². The fourth-order valence-corrected chi connectivity index (χ4v) is 4.71. The van der Waals surface area contributed by atoms with E-state index in [1.54, 1.807) is 20.4 Å². The second kappa shape index (κ2) is 11.1. The van der Waals surface area contributed by atoms with Gasteiger partial charge < -0.3 is 14.2 Å². The predicted molar refractivity (Wildman–Crippen MR) is 129 cm³/mol. The highest BCUT2D eigenvalue weighted by atomic mass is 35.5. The first-order valence-electron chi connectivity index (χ1n) is 10.7. The number of anilines is 1. The van der Waals surface area contributed by atoms with Gasteiger partial charge in [-0.1, -0.05) is 17.7 Å². The van der Waals surface area contributed by atoms with Crippen LogP contribution in [0.1, 0.15) is 37.6 Å². The molecule has 2 unspecified atom stereocenters. The summed E-state index contributed by atoms with van der Waals surface area (Å²) in [5.74, 6) is 1.89. The molecule has 2 atom stereocenters. The van der Waals surface area contributed by atoms with Gasteiger partial charge in [-0.15, -0.1) is 10.2 Å². The van der Waals surface area contributed by atoms with Gasteiger partial charge in [0.25, 0.3) is 0 Å². The summed E-state index contributed by atoms with van der Waals surface area (Å²) >= 11 is 7.49. The lowest BCUT2D eigenvalue weighted by Crippen LogP contribution is -2.22. The van der Waals surface area contributed by atoms with Crippen molar-refractivity contribution >= 4 is 29.5 Å². The van der Waals surface area contributed by atoms with Crippen molar-refractivity contribution in [2.45, 2.75) is 37.2 Å². The molecule has 33 heavy (non-hydrogen) atoms. The summed E-state index contributed by atoms with van der Waals surface area (Å²) in [6, 6.07) is 9.52. The molecule has 0 spiro atoms. The fraction of sp³-hybridized carbons (Fsp3) is 0.455. The number of methoxy groups -OCH3 is 2. The molecule has 1 N–H and O–H groups in total. The second-order valence-corrected chi connectivity index (χ2v) is 9.23. The molecule has 0 aliphatic carbocycles. The molecule has 9 nitrogen and oxygen atoms in total. The Morgan fingerprint density at radius 1 is 1.18 bits per heavy atom.